The van der Waals surface area contributed by atoms with Crippen LogP contribution in [0.1, 0.15) is 35.6 Å². The zero-order chi connectivity index (χ0) is 11.3. The van der Waals surface area contributed by atoms with Crippen molar-refractivity contribution in [3.8, 4) is 0 Å². The largest absolute Gasteiger partial charge is 0.392 e. The second kappa shape index (κ2) is 5.77. The van der Waals surface area contributed by atoms with E-state index in [0.717, 1.165) is 30.1 Å². The molecule has 1 aromatic heterocycles. The van der Waals surface area contributed by atoms with Gasteiger partial charge >= 0.3 is 0 Å². The third-order valence-corrected chi connectivity index (χ3v) is 2.57. The summed E-state index contributed by atoms with van der Waals surface area (Å²) in [6.07, 6.45) is 1.15. The number of aromatic nitrogens is 2. The van der Waals surface area contributed by atoms with Gasteiger partial charge in [0.15, 0.2) is 0 Å². The molecule has 15 heavy (non-hydrogen) atoms. The molecule has 0 bridgehead atoms. The van der Waals surface area contributed by atoms with Gasteiger partial charge in [-0.25, -0.2) is 0 Å². The monoisotopic (exact) mass is 229 g/mol. The Kier molecular flexibility index (Phi) is 4.64. The van der Waals surface area contributed by atoms with Crippen molar-refractivity contribution >= 4 is 17.4 Å². The van der Waals surface area contributed by atoms with Crippen molar-refractivity contribution in [3.05, 3.63) is 10.6 Å². The predicted molar refractivity (Wildman–Crippen MR) is 57.9 cm³/mol. The number of amides is 1. The Bertz CT molecular complexity index is 325. The number of nitrogens with zero attached hydrogens (tertiary/aromatic N) is 2. The van der Waals surface area contributed by atoms with Gasteiger partial charge in [0.05, 0.1) is 11.8 Å². The molecule has 0 spiro atoms. The lowest BCUT2D eigenvalue weighted by Gasteiger charge is -2.05. The topological polar surface area (TPSA) is 75.1 Å². The smallest absolute Gasteiger partial charge is 0.265 e. The number of rotatable bonds is 5. The molecule has 2 N–H and O–H groups in total. The Balaban J connectivity index is 2.60. The van der Waals surface area contributed by atoms with E-state index in [1.54, 1.807) is 6.92 Å². The number of carbonyl (C=O) groups is 1. The molecule has 6 heteroatoms. The minimum absolute atomic E-state index is 0.200. The standard InChI is InChI=1S/C9H15N3O2S/c1-3-4-7-8(15-12-11-7)9(14)10-5-6(2)13/h6,13H,3-5H2,1-2H3,(H,10,14)/t6-/m0/s1. The molecule has 0 fully saturated rings. The van der Waals surface area contributed by atoms with Crippen LogP contribution in [0.25, 0.3) is 0 Å². The van der Waals surface area contributed by atoms with E-state index >= 15 is 0 Å². The lowest BCUT2D eigenvalue weighted by atomic mass is 10.2. The van der Waals surface area contributed by atoms with Gasteiger partial charge in [-0.05, 0) is 24.9 Å². The Morgan fingerprint density at radius 1 is 1.67 bits per heavy atom. The van der Waals surface area contributed by atoms with Crippen molar-refractivity contribution < 1.29 is 9.90 Å². The van der Waals surface area contributed by atoms with Crippen molar-refractivity contribution in [3.63, 3.8) is 0 Å². The molecule has 0 aliphatic carbocycles. The normalized spacial score (nSPS) is 12.5. The Labute approximate surface area is 92.7 Å². The fraction of sp³-hybridized carbons (Fsp3) is 0.667. The maximum atomic E-state index is 11.6. The van der Waals surface area contributed by atoms with E-state index in [9.17, 15) is 4.79 Å². The molecule has 84 valence electrons. The first kappa shape index (κ1) is 12.1. The van der Waals surface area contributed by atoms with E-state index in [4.69, 9.17) is 5.11 Å². The second-order valence-corrected chi connectivity index (χ2v) is 4.11. The van der Waals surface area contributed by atoms with Gasteiger partial charge in [0, 0.05) is 6.54 Å². The highest BCUT2D eigenvalue weighted by Crippen LogP contribution is 2.12. The number of hydrogen-bond donors (Lipinski definition) is 2. The van der Waals surface area contributed by atoms with Crippen LogP contribution >= 0.6 is 11.5 Å². The number of nitrogens with one attached hydrogen (secondary N) is 1. The van der Waals surface area contributed by atoms with Crippen LogP contribution < -0.4 is 5.32 Å². The van der Waals surface area contributed by atoms with Crippen molar-refractivity contribution in [1.29, 1.82) is 0 Å². The first-order valence-corrected chi connectivity index (χ1v) is 5.70. The van der Waals surface area contributed by atoms with Gasteiger partial charge < -0.3 is 10.4 Å². The van der Waals surface area contributed by atoms with Crippen LogP contribution in [0.3, 0.4) is 0 Å². The van der Waals surface area contributed by atoms with Crippen molar-refractivity contribution in [2.24, 2.45) is 0 Å². The zero-order valence-corrected chi connectivity index (χ0v) is 9.67. The maximum Gasteiger partial charge on any atom is 0.265 e. The number of carbonyl (C=O) groups excluding carboxylic acids is 1. The van der Waals surface area contributed by atoms with Gasteiger partial charge in [-0.3, -0.25) is 4.79 Å². The van der Waals surface area contributed by atoms with E-state index in [-0.39, 0.29) is 12.5 Å². The van der Waals surface area contributed by atoms with E-state index < -0.39 is 6.10 Å². The molecule has 5 nitrogen and oxygen atoms in total. The quantitative estimate of drug-likeness (QED) is 0.775. The lowest BCUT2D eigenvalue weighted by Crippen LogP contribution is -2.30. The molecule has 1 aromatic rings. The lowest BCUT2D eigenvalue weighted by molar-refractivity contribution is 0.0927. The summed E-state index contributed by atoms with van der Waals surface area (Å²) in [5, 5.41) is 15.6. The van der Waals surface area contributed by atoms with E-state index in [1.807, 2.05) is 6.92 Å². The van der Waals surface area contributed by atoms with Crippen molar-refractivity contribution in [1.82, 2.24) is 14.9 Å². The molecule has 0 aliphatic heterocycles. The summed E-state index contributed by atoms with van der Waals surface area (Å²) < 4.78 is 3.76. The average Bonchev–Trinajstić information content (AvgIpc) is 2.63. The molecule has 1 rings (SSSR count). The summed E-state index contributed by atoms with van der Waals surface area (Å²) in [6.45, 7) is 3.90. The molecule has 0 saturated heterocycles. The number of aryl methyl sites for hydroxylation is 1. The van der Waals surface area contributed by atoms with Crippen molar-refractivity contribution in [2.45, 2.75) is 32.8 Å². The van der Waals surface area contributed by atoms with Crippen LogP contribution in [0.4, 0.5) is 0 Å². The summed E-state index contributed by atoms with van der Waals surface area (Å²) in [7, 11) is 0. The molecular formula is C9H15N3O2S. The number of aliphatic hydroxyl groups is 1. The van der Waals surface area contributed by atoms with Crippen LogP contribution in [-0.2, 0) is 6.42 Å². The highest BCUT2D eigenvalue weighted by molar-refractivity contribution is 7.08. The third-order valence-electron chi connectivity index (χ3n) is 1.81. The summed E-state index contributed by atoms with van der Waals surface area (Å²) >= 11 is 1.09. The minimum Gasteiger partial charge on any atom is -0.392 e. The van der Waals surface area contributed by atoms with E-state index in [1.165, 1.54) is 0 Å². The summed E-state index contributed by atoms with van der Waals surface area (Å²) in [6, 6.07) is 0. The molecule has 1 amide bonds. The van der Waals surface area contributed by atoms with Gasteiger partial charge in [-0.15, -0.1) is 5.10 Å². The van der Waals surface area contributed by atoms with Crippen molar-refractivity contribution in [2.75, 3.05) is 6.54 Å². The predicted octanol–water partition coefficient (Wildman–Crippen LogP) is 0.601. The third kappa shape index (κ3) is 3.56. The van der Waals surface area contributed by atoms with Gasteiger partial charge in [-0.2, -0.15) is 0 Å². The average molecular weight is 229 g/mol. The number of aliphatic hydroxyl groups excluding tert-OH is 1. The van der Waals surface area contributed by atoms with Crippen LogP contribution in [0.5, 0.6) is 0 Å². The molecule has 0 radical (unpaired) electrons. The summed E-state index contributed by atoms with van der Waals surface area (Å²) in [4.78, 5) is 12.2. The zero-order valence-electron chi connectivity index (χ0n) is 8.86. The van der Waals surface area contributed by atoms with Crippen LogP contribution in [0, 0.1) is 0 Å². The molecular weight excluding hydrogens is 214 g/mol. The fourth-order valence-electron chi connectivity index (χ4n) is 1.10. The second-order valence-electron chi connectivity index (χ2n) is 3.36. The molecule has 0 aromatic carbocycles. The first-order valence-electron chi connectivity index (χ1n) is 4.92. The Morgan fingerprint density at radius 3 is 3.00 bits per heavy atom. The molecule has 1 atom stereocenters. The van der Waals surface area contributed by atoms with Crippen LogP contribution in [0.2, 0.25) is 0 Å². The summed E-state index contributed by atoms with van der Waals surface area (Å²) in [5.41, 5.74) is 0.741. The SMILES string of the molecule is CCCc1nnsc1C(=O)NC[C@H](C)O. The molecule has 0 aliphatic rings. The van der Waals surface area contributed by atoms with E-state index in [0.29, 0.717) is 4.88 Å². The highest BCUT2D eigenvalue weighted by Gasteiger charge is 2.15. The highest BCUT2D eigenvalue weighted by atomic mass is 32.1. The fourth-order valence-corrected chi connectivity index (χ4v) is 1.73. The van der Waals surface area contributed by atoms with Crippen LogP contribution in [0.15, 0.2) is 0 Å². The number of hydrogen-bond acceptors (Lipinski definition) is 5. The van der Waals surface area contributed by atoms with Crippen LogP contribution in [-0.4, -0.2) is 33.2 Å². The van der Waals surface area contributed by atoms with Gasteiger partial charge in [-0.1, -0.05) is 17.8 Å². The molecule has 0 saturated carbocycles. The van der Waals surface area contributed by atoms with Gasteiger partial charge in [0.1, 0.15) is 4.88 Å². The molecule has 1 heterocycles. The van der Waals surface area contributed by atoms with E-state index in [2.05, 4.69) is 14.9 Å². The molecule has 0 unspecified atom stereocenters. The summed E-state index contributed by atoms with van der Waals surface area (Å²) in [5.74, 6) is -0.200. The first-order chi connectivity index (χ1) is 7.15. The minimum atomic E-state index is -0.538. The maximum absolute atomic E-state index is 11.6. The Hall–Kier alpha value is -1.01. The van der Waals surface area contributed by atoms with Gasteiger partial charge in [0.25, 0.3) is 5.91 Å². The van der Waals surface area contributed by atoms with Gasteiger partial charge in [0.2, 0.25) is 0 Å². The Morgan fingerprint density at radius 2 is 2.40 bits per heavy atom.